The van der Waals surface area contributed by atoms with Crippen molar-refractivity contribution in [2.45, 2.75) is 0 Å². The van der Waals surface area contributed by atoms with Gasteiger partial charge in [0.2, 0.25) is 0 Å². The molecule has 0 aliphatic carbocycles. The van der Waals surface area contributed by atoms with Crippen molar-refractivity contribution in [2.24, 2.45) is 0 Å². The lowest BCUT2D eigenvalue weighted by molar-refractivity contribution is 0.881. The van der Waals surface area contributed by atoms with Crippen LogP contribution in [0.5, 0.6) is 0 Å². The van der Waals surface area contributed by atoms with Crippen LogP contribution in [0.3, 0.4) is 0 Å². The normalized spacial score (nSPS) is 10.6. The molecule has 6 heteroatoms. The van der Waals surface area contributed by atoms with Gasteiger partial charge < -0.3 is 5.73 Å². The Labute approximate surface area is 110 Å². The minimum atomic E-state index is 0.486. The number of nitrogens with zero attached hydrogens (tertiary/aromatic N) is 2. The summed E-state index contributed by atoms with van der Waals surface area (Å²) in [6, 6.07) is 3.30. The summed E-state index contributed by atoms with van der Waals surface area (Å²) in [5.74, 6) is 0. The van der Waals surface area contributed by atoms with E-state index in [1.54, 1.807) is 23.0 Å². The SMILES string of the molecule is Nc1cc(Cl)c(-n2cc(I)cn2)c(Cl)c1. The number of benzene rings is 1. The van der Waals surface area contributed by atoms with Crippen molar-refractivity contribution < 1.29 is 0 Å². The van der Waals surface area contributed by atoms with E-state index in [0.29, 0.717) is 21.4 Å². The van der Waals surface area contributed by atoms with Crippen molar-refractivity contribution in [1.29, 1.82) is 0 Å². The van der Waals surface area contributed by atoms with E-state index in [9.17, 15) is 0 Å². The second-order valence-electron chi connectivity index (χ2n) is 2.94. The second-order valence-corrected chi connectivity index (χ2v) is 5.00. The molecule has 0 unspecified atom stereocenters. The summed E-state index contributed by atoms with van der Waals surface area (Å²) in [5, 5.41) is 5.11. The van der Waals surface area contributed by atoms with Crippen molar-refractivity contribution in [1.82, 2.24) is 9.78 Å². The quantitative estimate of drug-likeness (QED) is 0.631. The zero-order valence-corrected chi connectivity index (χ0v) is 11.1. The molecule has 1 aromatic carbocycles. The first-order valence-corrected chi connectivity index (χ1v) is 5.86. The Balaban J connectivity index is 2.62. The predicted molar refractivity (Wildman–Crippen MR) is 70.7 cm³/mol. The summed E-state index contributed by atoms with van der Waals surface area (Å²) >= 11 is 14.3. The van der Waals surface area contributed by atoms with Gasteiger partial charge in [-0.25, -0.2) is 4.68 Å². The standard InChI is InChI=1S/C9H6Cl2IN3/c10-7-1-6(13)2-8(11)9(7)15-4-5(12)3-14-15/h1-4H,13H2. The van der Waals surface area contributed by atoms with Crippen LogP contribution in [0, 0.1) is 3.57 Å². The first-order valence-electron chi connectivity index (χ1n) is 4.03. The zero-order valence-electron chi connectivity index (χ0n) is 7.42. The molecule has 15 heavy (non-hydrogen) atoms. The maximum atomic E-state index is 6.05. The van der Waals surface area contributed by atoms with Crippen LogP contribution in [-0.4, -0.2) is 9.78 Å². The van der Waals surface area contributed by atoms with Crippen LogP contribution in [0.15, 0.2) is 24.5 Å². The third kappa shape index (κ3) is 2.21. The van der Waals surface area contributed by atoms with Gasteiger partial charge in [0.25, 0.3) is 0 Å². The number of anilines is 1. The van der Waals surface area contributed by atoms with E-state index in [2.05, 4.69) is 27.7 Å². The van der Waals surface area contributed by atoms with Crippen LogP contribution in [0.1, 0.15) is 0 Å². The van der Waals surface area contributed by atoms with Gasteiger partial charge in [-0.1, -0.05) is 23.2 Å². The number of rotatable bonds is 1. The number of aromatic nitrogens is 2. The topological polar surface area (TPSA) is 43.8 Å². The van der Waals surface area contributed by atoms with Gasteiger partial charge in [0.15, 0.2) is 0 Å². The summed E-state index contributed by atoms with van der Waals surface area (Å²) in [6.45, 7) is 0. The molecule has 0 saturated heterocycles. The fourth-order valence-electron chi connectivity index (χ4n) is 1.23. The minimum Gasteiger partial charge on any atom is -0.399 e. The van der Waals surface area contributed by atoms with Gasteiger partial charge in [0, 0.05) is 11.9 Å². The molecule has 0 radical (unpaired) electrons. The lowest BCUT2D eigenvalue weighted by atomic mass is 10.3. The largest absolute Gasteiger partial charge is 0.399 e. The fraction of sp³-hybridized carbons (Fsp3) is 0. The lowest BCUT2D eigenvalue weighted by Gasteiger charge is -2.07. The van der Waals surface area contributed by atoms with E-state index in [4.69, 9.17) is 28.9 Å². The van der Waals surface area contributed by atoms with Gasteiger partial charge in [-0.2, -0.15) is 5.10 Å². The van der Waals surface area contributed by atoms with Gasteiger partial charge >= 0.3 is 0 Å². The Morgan fingerprint density at radius 2 is 1.87 bits per heavy atom. The highest BCUT2D eigenvalue weighted by atomic mass is 127. The Morgan fingerprint density at radius 1 is 1.27 bits per heavy atom. The van der Waals surface area contributed by atoms with Gasteiger partial charge in [-0.05, 0) is 34.7 Å². The van der Waals surface area contributed by atoms with Crippen LogP contribution >= 0.6 is 45.8 Å². The second kappa shape index (κ2) is 4.19. The van der Waals surface area contributed by atoms with Crippen molar-refractivity contribution in [3.8, 4) is 5.69 Å². The average Bonchev–Trinajstić information content (AvgIpc) is 2.49. The van der Waals surface area contributed by atoms with Gasteiger partial charge in [-0.3, -0.25) is 0 Å². The molecule has 0 amide bonds. The highest BCUT2D eigenvalue weighted by molar-refractivity contribution is 14.1. The Kier molecular flexibility index (Phi) is 3.08. The minimum absolute atomic E-state index is 0.486. The van der Waals surface area contributed by atoms with Crippen molar-refractivity contribution in [2.75, 3.05) is 5.73 Å². The molecule has 2 rings (SSSR count). The van der Waals surface area contributed by atoms with E-state index in [1.807, 2.05) is 6.20 Å². The van der Waals surface area contributed by atoms with E-state index < -0.39 is 0 Å². The van der Waals surface area contributed by atoms with Crippen LogP contribution < -0.4 is 5.73 Å². The molecule has 0 aliphatic heterocycles. The number of nitrogen functional groups attached to an aromatic ring is 1. The van der Waals surface area contributed by atoms with Gasteiger partial charge in [-0.15, -0.1) is 0 Å². The fourth-order valence-corrected chi connectivity index (χ4v) is 2.29. The predicted octanol–water partition coefficient (Wildman–Crippen LogP) is 3.37. The molecule has 2 aromatic rings. The highest BCUT2D eigenvalue weighted by Crippen LogP contribution is 2.30. The van der Waals surface area contributed by atoms with Crippen LogP contribution in [0.2, 0.25) is 10.0 Å². The molecule has 78 valence electrons. The summed E-state index contributed by atoms with van der Waals surface area (Å²) < 4.78 is 2.64. The Morgan fingerprint density at radius 3 is 2.33 bits per heavy atom. The van der Waals surface area contributed by atoms with Crippen LogP contribution in [0.4, 0.5) is 5.69 Å². The molecule has 0 spiro atoms. The van der Waals surface area contributed by atoms with E-state index in [-0.39, 0.29) is 0 Å². The third-order valence-corrected chi connectivity index (χ3v) is 2.95. The summed E-state index contributed by atoms with van der Waals surface area (Å²) in [5.41, 5.74) is 6.80. The Bertz CT molecular complexity index is 487. The van der Waals surface area contributed by atoms with E-state index >= 15 is 0 Å². The van der Waals surface area contributed by atoms with Gasteiger partial charge in [0.1, 0.15) is 5.69 Å². The maximum Gasteiger partial charge on any atom is 0.102 e. The highest BCUT2D eigenvalue weighted by Gasteiger charge is 2.10. The summed E-state index contributed by atoms with van der Waals surface area (Å²) in [6.07, 6.45) is 3.56. The van der Waals surface area contributed by atoms with Crippen molar-refractivity contribution in [3.05, 3.63) is 38.1 Å². The van der Waals surface area contributed by atoms with E-state index in [1.165, 1.54) is 0 Å². The first kappa shape index (κ1) is 11.0. The molecular weight excluding hydrogens is 348 g/mol. The van der Waals surface area contributed by atoms with Gasteiger partial charge in [0.05, 0.1) is 19.8 Å². The Hall–Kier alpha value is -0.460. The molecule has 0 saturated carbocycles. The van der Waals surface area contributed by atoms with Crippen LogP contribution in [0.25, 0.3) is 5.69 Å². The number of hydrogen-bond acceptors (Lipinski definition) is 2. The van der Waals surface area contributed by atoms with Crippen molar-refractivity contribution in [3.63, 3.8) is 0 Å². The molecule has 3 nitrogen and oxygen atoms in total. The number of hydrogen-bond donors (Lipinski definition) is 1. The molecule has 0 atom stereocenters. The average molecular weight is 354 g/mol. The number of nitrogens with two attached hydrogens (primary N) is 1. The van der Waals surface area contributed by atoms with Crippen LogP contribution in [-0.2, 0) is 0 Å². The zero-order chi connectivity index (χ0) is 11.0. The first-order chi connectivity index (χ1) is 7.08. The van der Waals surface area contributed by atoms with Crippen molar-refractivity contribution >= 4 is 51.5 Å². The molecular formula is C9H6Cl2IN3. The molecule has 0 aliphatic rings. The summed E-state index contributed by atoms with van der Waals surface area (Å²) in [7, 11) is 0. The van der Waals surface area contributed by atoms with E-state index in [0.717, 1.165) is 3.57 Å². The number of halogens is 3. The monoisotopic (exact) mass is 353 g/mol. The molecule has 2 N–H and O–H groups in total. The lowest BCUT2D eigenvalue weighted by Crippen LogP contribution is -1.98. The molecule has 0 bridgehead atoms. The molecule has 1 aromatic heterocycles. The third-order valence-electron chi connectivity index (χ3n) is 1.82. The smallest absolute Gasteiger partial charge is 0.102 e. The molecule has 0 fully saturated rings. The summed E-state index contributed by atoms with van der Waals surface area (Å²) in [4.78, 5) is 0. The maximum absolute atomic E-state index is 6.05. The molecule has 1 heterocycles.